The van der Waals surface area contributed by atoms with E-state index in [-0.39, 0.29) is 0 Å². The fourth-order valence-electron chi connectivity index (χ4n) is 2.26. The van der Waals surface area contributed by atoms with Crippen LogP contribution in [0.5, 0.6) is 0 Å². The molecule has 4 heteroatoms. The topological polar surface area (TPSA) is 18.5 Å². The Morgan fingerprint density at radius 2 is 1.67 bits per heavy atom. The molecule has 1 aromatic carbocycles. The highest BCUT2D eigenvalue weighted by Gasteiger charge is 2.31. The van der Waals surface area contributed by atoms with Crippen molar-refractivity contribution in [2.45, 2.75) is 25.0 Å². The van der Waals surface area contributed by atoms with Crippen LogP contribution in [-0.2, 0) is 9.47 Å². The minimum absolute atomic E-state index is 0.554. The third-order valence-electron chi connectivity index (χ3n) is 3.41. The first kappa shape index (κ1) is 13.2. The Morgan fingerprint density at radius 3 is 2.11 bits per heavy atom. The van der Waals surface area contributed by atoms with E-state index in [9.17, 15) is 8.78 Å². The quantitative estimate of drug-likeness (QED) is 0.768. The third kappa shape index (κ3) is 2.60. The highest BCUT2D eigenvalue weighted by molar-refractivity contribution is 5.66. The Hall–Kier alpha value is -1.26. The summed E-state index contributed by atoms with van der Waals surface area (Å²) in [6.07, 6.45) is 3.84. The molecule has 0 atom stereocenters. The monoisotopic (exact) mass is 254 g/mol. The molecule has 2 rings (SSSR count). The molecule has 98 valence electrons. The molecular formula is C14H16F2O2. The summed E-state index contributed by atoms with van der Waals surface area (Å²) in [5, 5.41) is 0. The lowest BCUT2D eigenvalue weighted by molar-refractivity contribution is -0.208. The SMILES string of the molecule is COC1(OC)CC=C(c2cc(F)cc(F)c2)CC1. The molecule has 0 aromatic heterocycles. The maximum Gasteiger partial charge on any atom is 0.171 e. The van der Waals surface area contributed by atoms with Crippen LogP contribution in [0.4, 0.5) is 8.78 Å². The first-order valence-corrected chi connectivity index (χ1v) is 5.84. The number of hydrogen-bond donors (Lipinski definition) is 0. The molecule has 0 aliphatic heterocycles. The number of allylic oxidation sites excluding steroid dienone is 1. The summed E-state index contributed by atoms with van der Waals surface area (Å²) in [6, 6.07) is 3.57. The normalized spacial score (nSPS) is 18.6. The van der Waals surface area contributed by atoms with Gasteiger partial charge in [0.05, 0.1) is 0 Å². The highest BCUT2D eigenvalue weighted by Crippen LogP contribution is 2.35. The Labute approximate surface area is 105 Å². The van der Waals surface area contributed by atoms with Crippen LogP contribution in [0.15, 0.2) is 24.3 Å². The van der Waals surface area contributed by atoms with Gasteiger partial charge in [0.25, 0.3) is 0 Å². The zero-order chi connectivity index (χ0) is 13.2. The van der Waals surface area contributed by atoms with Gasteiger partial charge in [0.2, 0.25) is 0 Å². The molecule has 0 amide bonds. The number of hydrogen-bond acceptors (Lipinski definition) is 2. The highest BCUT2D eigenvalue weighted by atomic mass is 19.1. The number of rotatable bonds is 3. The molecule has 2 nitrogen and oxygen atoms in total. The van der Waals surface area contributed by atoms with E-state index in [0.717, 1.165) is 11.6 Å². The van der Waals surface area contributed by atoms with Crippen molar-refractivity contribution in [3.05, 3.63) is 41.5 Å². The average molecular weight is 254 g/mol. The van der Waals surface area contributed by atoms with Crippen molar-refractivity contribution in [3.63, 3.8) is 0 Å². The van der Waals surface area contributed by atoms with Gasteiger partial charge >= 0.3 is 0 Å². The van der Waals surface area contributed by atoms with Crippen molar-refractivity contribution in [3.8, 4) is 0 Å². The van der Waals surface area contributed by atoms with E-state index in [1.807, 2.05) is 6.08 Å². The van der Waals surface area contributed by atoms with Gasteiger partial charge in [-0.15, -0.1) is 0 Å². The van der Waals surface area contributed by atoms with E-state index in [1.54, 1.807) is 14.2 Å². The maximum absolute atomic E-state index is 13.2. The summed E-state index contributed by atoms with van der Waals surface area (Å²) < 4.78 is 37.0. The van der Waals surface area contributed by atoms with Crippen LogP contribution in [0.2, 0.25) is 0 Å². The number of benzene rings is 1. The zero-order valence-electron chi connectivity index (χ0n) is 10.5. The van der Waals surface area contributed by atoms with Crippen molar-refractivity contribution < 1.29 is 18.3 Å². The molecule has 0 bridgehead atoms. The molecule has 0 saturated heterocycles. The summed E-state index contributed by atoms with van der Waals surface area (Å²) in [7, 11) is 3.20. The van der Waals surface area contributed by atoms with E-state index in [4.69, 9.17) is 9.47 Å². The smallest absolute Gasteiger partial charge is 0.171 e. The first-order chi connectivity index (χ1) is 8.58. The fraction of sp³-hybridized carbons (Fsp3) is 0.429. The number of ether oxygens (including phenoxy) is 2. The van der Waals surface area contributed by atoms with Gasteiger partial charge in [-0.05, 0) is 29.7 Å². The predicted octanol–water partition coefficient (Wildman–Crippen LogP) is 3.52. The average Bonchev–Trinajstić information content (AvgIpc) is 2.38. The Morgan fingerprint density at radius 1 is 1.06 bits per heavy atom. The van der Waals surface area contributed by atoms with Crippen molar-refractivity contribution in [2.75, 3.05) is 14.2 Å². The van der Waals surface area contributed by atoms with Gasteiger partial charge in [-0.1, -0.05) is 6.08 Å². The minimum Gasteiger partial charge on any atom is -0.353 e. The Bertz CT molecular complexity index is 445. The van der Waals surface area contributed by atoms with Gasteiger partial charge in [-0.3, -0.25) is 0 Å². The molecule has 0 unspecified atom stereocenters. The second-order valence-corrected chi connectivity index (χ2v) is 4.41. The van der Waals surface area contributed by atoms with E-state index < -0.39 is 17.4 Å². The van der Waals surface area contributed by atoms with E-state index >= 15 is 0 Å². The van der Waals surface area contributed by atoms with Crippen LogP contribution in [0, 0.1) is 11.6 Å². The summed E-state index contributed by atoms with van der Waals surface area (Å²) >= 11 is 0. The van der Waals surface area contributed by atoms with Crippen LogP contribution in [-0.4, -0.2) is 20.0 Å². The molecule has 1 aliphatic rings. The predicted molar refractivity (Wildman–Crippen MR) is 64.9 cm³/mol. The standard InChI is InChI=1S/C14H16F2O2/c1-17-14(18-2)5-3-10(4-6-14)11-7-12(15)9-13(16)8-11/h3,7-9H,4-6H2,1-2H3. The lowest BCUT2D eigenvalue weighted by Crippen LogP contribution is -2.34. The van der Waals surface area contributed by atoms with Gasteiger partial charge in [-0.25, -0.2) is 8.78 Å². The van der Waals surface area contributed by atoms with Crippen LogP contribution >= 0.6 is 0 Å². The van der Waals surface area contributed by atoms with E-state index in [1.165, 1.54) is 12.1 Å². The summed E-state index contributed by atoms with van der Waals surface area (Å²) in [5.74, 6) is -1.71. The summed E-state index contributed by atoms with van der Waals surface area (Å²) in [4.78, 5) is 0. The van der Waals surface area contributed by atoms with Crippen LogP contribution < -0.4 is 0 Å². The van der Waals surface area contributed by atoms with Gasteiger partial charge < -0.3 is 9.47 Å². The molecule has 0 heterocycles. The fourth-order valence-corrected chi connectivity index (χ4v) is 2.26. The van der Waals surface area contributed by atoms with E-state index in [0.29, 0.717) is 24.8 Å². The minimum atomic E-state index is -0.602. The lowest BCUT2D eigenvalue weighted by Gasteiger charge is -2.33. The van der Waals surface area contributed by atoms with Gasteiger partial charge in [0, 0.05) is 33.1 Å². The number of methoxy groups -OCH3 is 2. The maximum atomic E-state index is 13.2. The molecular weight excluding hydrogens is 238 g/mol. The molecule has 0 spiro atoms. The second-order valence-electron chi connectivity index (χ2n) is 4.41. The van der Waals surface area contributed by atoms with Crippen molar-refractivity contribution in [1.29, 1.82) is 0 Å². The molecule has 0 N–H and O–H groups in total. The molecule has 0 fully saturated rings. The van der Waals surface area contributed by atoms with Crippen molar-refractivity contribution >= 4 is 5.57 Å². The molecule has 1 aliphatic carbocycles. The lowest BCUT2D eigenvalue weighted by atomic mass is 9.89. The molecule has 0 radical (unpaired) electrons. The Kier molecular flexibility index (Phi) is 3.78. The Balaban J connectivity index is 2.24. The van der Waals surface area contributed by atoms with Gasteiger partial charge in [-0.2, -0.15) is 0 Å². The summed E-state index contributed by atoms with van der Waals surface area (Å²) in [5.41, 5.74) is 1.52. The zero-order valence-corrected chi connectivity index (χ0v) is 10.5. The third-order valence-corrected chi connectivity index (χ3v) is 3.41. The van der Waals surface area contributed by atoms with E-state index in [2.05, 4.69) is 0 Å². The van der Waals surface area contributed by atoms with Crippen LogP contribution in [0.1, 0.15) is 24.8 Å². The number of halogens is 2. The largest absolute Gasteiger partial charge is 0.353 e. The molecule has 0 saturated carbocycles. The first-order valence-electron chi connectivity index (χ1n) is 5.84. The van der Waals surface area contributed by atoms with Gasteiger partial charge in [0.15, 0.2) is 5.79 Å². The second kappa shape index (κ2) is 5.16. The van der Waals surface area contributed by atoms with Crippen LogP contribution in [0.25, 0.3) is 5.57 Å². The van der Waals surface area contributed by atoms with Crippen LogP contribution in [0.3, 0.4) is 0 Å². The molecule has 1 aromatic rings. The van der Waals surface area contributed by atoms with Crippen molar-refractivity contribution in [1.82, 2.24) is 0 Å². The van der Waals surface area contributed by atoms with Crippen molar-refractivity contribution in [2.24, 2.45) is 0 Å². The molecule has 18 heavy (non-hydrogen) atoms. The summed E-state index contributed by atoms with van der Waals surface area (Å²) in [6.45, 7) is 0. The van der Waals surface area contributed by atoms with Gasteiger partial charge in [0.1, 0.15) is 11.6 Å².